The smallest absolute Gasteiger partial charge is 0.226 e. The molecular weight excluding hydrogens is 336 g/mol. The highest BCUT2D eigenvalue weighted by Crippen LogP contribution is 2.30. The molecule has 1 amide bonds. The second kappa shape index (κ2) is 7.36. The molecule has 0 unspecified atom stereocenters. The van der Waals surface area contributed by atoms with Gasteiger partial charge in [-0.1, -0.05) is 35.1 Å². The van der Waals surface area contributed by atoms with Crippen molar-refractivity contribution in [3.8, 4) is 0 Å². The molecule has 0 atom stereocenters. The summed E-state index contributed by atoms with van der Waals surface area (Å²) in [5.74, 6) is 0.779. The predicted octanol–water partition coefficient (Wildman–Crippen LogP) is 5.34. The van der Waals surface area contributed by atoms with Crippen LogP contribution >= 0.6 is 23.1 Å². The average molecular weight is 357 g/mol. The number of hydrogen-bond donors (Lipinski definition) is 1. The normalized spacial score (nSPS) is 11.0. The van der Waals surface area contributed by atoms with Gasteiger partial charge in [-0.25, -0.2) is 4.98 Å². The third-order valence-electron chi connectivity index (χ3n) is 3.69. The van der Waals surface area contributed by atoms with Gasteiger partial charge < -0.3 is 5.32 Å². The van der Waals surface area contributed by atoms with Gasteiger partial charge in [-0.15, -0.1) is 11.8 Å². The van der Waals surface area contributed by atoms with Gasteiger partial charge in [0.15, 0.2) is 5.13 Å². The van der Waals surface area contributed by atoms with Gasteiger partial charge in [0.25, 0.3) is 0 Å². The molecule has 1 heterocycles. The van der Waals surface area contributed by atoms with Crippen LogP contribution < -0.4 is 5.32 Å². The number of aryl methyl sites for hydroxylation is 3. The summed E-state index contributed by atoms with van der Waals surface area (Å²) in [6.45, 7) is 6.22. The van der Waals surface area contributed by atoms with E-state index in [0.29, 0.717) is 11.6 Å². The Morgan fingerprint density at radius 1 is 1.12 bits per heavy atom. The number of aromatic nitrogens is 1. The fourth-order valence-corrected chi connectivity index (χ4v) is 4.29. The number of rotatable bonds is 5. The molecule has 124 valence electrons. The number of anilines is 1. The molecule has 2 aromatic carbocycles. The zero-order valence-corrected chi connectivity index (χ0v) is 15.7. The first kappa shape index (κ1) is 17.0. The van der Waals surface area contributed by atoms with Crippen molar-refractivity contribution in [2.45, 2.75) is 32.1 Å². The Balaban J connectivity index is 1.57. The number of amides is 1. The van der Waals surface area contributed by atoms with E-state index in [2.05, 4.69) is 67.5 Å². The van der Waals surface area contributed by atoms with E-state index in [1.165, 1.54) is 21.6 Å². The molecule has 0 radical (unpaired) electrons. The lowest BCUT2D eigenvalue weighted by Gasteiger charge is -2.02. The zero-order chi connectivity index (χ0) is 17.1. The van der Waals surface area contributed by atoms with E-state index in [-0.39, 0.29) is 5.91 Å². The molecule has 24 heavy (non-hydrogen) atoms. The molecule has 0 aliphatic carbocycles. The summed E-state index contributed by atoms with van der Waals surface area (Å²) in [4.78, 5) is 17.9. The highest BCUT2D eigenvalue weighted by Gasteiger charge is 2.10. The summed E-state index contributed by atoms with van der Waals surface area (Å²) < 4.78 is 1.14. The number of benzene rings is 2. The zero-order valence-electron chi connectivity index (χ0n) is 14.1. The number of nitrogens with one attached hydrogen (secondary N) is 1. The van der Waals surface area contributed by atoms with E-state index in [0.717, 1.165) is 16.0 Å². The Kier molecular flexibility index (Phi) is 5.21. The van der Waals surface area contributed by atoms with E-state index < -0.39 is 0 Å². The van der Waals surface area contributed by atoms with Gasteiger partial charge in [0.1, 0.15) is 0 Å². The van der Waals surface area contributed by atoms with Gasteiger partial charge in [-0.05, 0) is 50.1 Å². The fraction of sp³-hybridized carbons (Fsp3) is 0.263. The van der Waals surface area contributed by atoms with Crippen molar-refractivity contribution in [3.05, 3.63) is 53.1 Å². The first-order chi connectivity index (χ1) is 11.5. The van der Waals surface area contributed by atoms with Crippen LogP contribution in [0.5, 0.6) is 0 Å². The Bertz CT molecular complexity index is 869. The van der Waals surface area contributed by atoms with Crippen molar-refractivity contribution in [3.63, 3.8) is 0 Å². The molecule has 0 aliphatic heterocycles. The third-order valence-corrected chi connectivity index (χ3v) is 5.82. The lowest BCUT2D eigenvalue weighted by atomic mass is 10.1. The summed E-state index contributed by atoms with van der Waals surface area (Å²) in [6, 6.07) is 12.6. The molecule has 0 bridgehead atoms. The lowest BCUT2D eigenvalue weighted by Crippen LogP contribution is -2.11. The number of carbonyl (C=O) groups excluding carboxylic acids is 1. The molecular formula is C19H20N2OS2. The van der Waals surface area contributed by atoms with Crippen LogP contribution in [0.1, 0.15) is 23.1 Å². The molecule has 0 fully saturated rings. The summed E-state index contributed by atoms with van der Waals surface area (Å²) in [6.07, 6.45) is 0.479. The van der Waals surface area contributed by atoms with Crippen molar-refractivity contribution >= 4 is 44.4 Å². The number of fused-ring (bicyclic) bond motifs is 1. The number of nitrogens with zero attached hydrogens (tertiary/aromatic N) is 1. The molecule has 1 N–H and O–H groups in total. The molecule has 0 saturated heterocycles. The Labute approximate surface area is 150 Å². The highest BCUT2D eigenvalue weighted by atomic mass is 32.2. The van der Waals surface area contributed by atoms with Gasteiger partial charge in [0, 0.05) is 17.1 Å². The van der Waals surface area contributed by atoms with Crippen LogP contribution in [0.2, 0.25) is 0 Å². The van der Waals surface area contributed by atoms with Gasteiger partial charge in [-0.3, -0.25) is 4.79 Å². The maximum Gasteiger partial charge on any atom is 0.226 e. The minimum atomic E-state index is 0.0167. The van der Waals surface area contributed by atoms with Crippen LogP contribution in [0, 0.1) is 20.8 Å². The number of hydrogen-bond acceptors (Lipinski definition) is 4. The number of thiazole rings is 1. The maximum absolute atomic E-state index is 12.1. The van der Waals surface area contributed by atoms with Crippen molar-refractivity contribution in [2.75, 3.05) is 11.1 Å². The molecule has 3 nitrogen and oxygen atoms in total. The first-order valence-corrected chi connectivity index (χ1v) is 9.68. The SMILES string of the molecule is Cc1ccc(SCCC(=O)Nc2nc3cc(C)cc(C)c3s2)cc1. The van der Waals surface area contributed by atoms with Gasteiger partial charge >= 0.3 is 0 Å². The molecule has 3 aromatic rings. The van der Waals surface area contributed by atoms with Gasteiger partial charge in [-0.2, -0.15) is 0 Å². The van der Waals surface area contributed by atoms with E-state index in [4.69, 9.17) is 0 Å². The van der Waals surface area contributed by atoms with E-state index in [1.54, 1.807) is 23.1 Å². The number of thioether (sulfide) groups is 1. The average Bonchev–Trinajstić information content (AvgIpc) is 2.92. The van der Waals surface area contributed by atoms with Crippen LogP contribution in [0.15, 0.2) is 41.3 Å². The van der Waals surface area contributed by atoms with Crippen LogP contribution in [0.25, 0.3) is 10.2 Å². The third kappa shape index (κ3) is 4.16. The van der Waals surface area contributed by atoms with E-state index in [9.17, 15) is 4.79 Å². The van der Waals surface area contributed by atoms with Crippen LogP contribution in [0.4, 0.5) is 5.13 Å². The van der Waals surface area contributed by atoms with Crippen molar-refractivity contribution in [2.24, 2.45) is 0 Å². The van der Waals surface area contributed by atoms with Crippen LogP contribution in [-0.4, -0.2) is 16.6 Å². The minimum Gasteiger partial charge on any atom is -0.302 e. The van der Waals surface area contributed by atoms with E-state index >= 15 is 0 Å². The summed E-state index contributed by atoms with van der Waals surface area (Å²) in [5, 5.41) is 3.61. The lowest BCUT2D eigenvalue weighted by molar-refractivity contribution is -0.115. The second-order valence-electron chi connectivity index (χ2n) is 5.91. The van der Waals surface area contributed by atoms with Gasteiger partial charge in [0.05, 0.1) is 10.2 Å². The quantitative estimate of drug-likeness (QED) is 0.627. The Morgan fingerprint density at radius 3 is 2.62 bits per heavy atom. The standard InChI is InChI=1S/C19H20N2OS2/c1-12-4-6-15(7-5-12)23-9-8-17(22)21-19-20-16-11-13(2)10-14(3)18(16)24-19/h4-7,10-11H,8-9H2,1-3H3,(H,20,21,22). The maximum atomic E-state index is 12.1. The molecule has 0 aliphatic rings. The summed E-state index contributed by atoms with van der Waals surface area (Å²) in [7, 11) is 0. The largest absolute Gasteiger partial charge is 0.302 e. The van der Waals surface area contributed by atoms with Crippen molar-refractivity contribution in [1.29, 1.82) is 0 Å². The number of carbonyl (C=O) groups is 1. The molecule has 3 rings (SSSR count). The summed E-state index contributed by atoms with van der Waals surface area (Å²) in [5.41, 5.74) is 4.61. The molecule has 1 aromatic heterocycles. The molecule has 0 saturated carbocycles. The molecule has 0 spiro atoms. The fourth-order valence-electron chi connectivity index (χ4n) is 2.51. The highest BCUT2D eigenvalue weighted by molar-refractivity contribution is 7.99. The minimum absolute atomic E-state index is 0.0167. The predicted molar refractivity (Wildman–Crippen MR) is 104 cm³/mol. The van der Waals surface area contributed by atoms with Crippen molar-refractivity contribution < 1.29 is 4.79 Å². The second-order valence-corrected chi connectivity index (χ2v) is 8.08. The van der Waals surface area contributed by atoms with Crippen molar-refractivity contribution in [1.82, 2.24) is 4.98 Å². The monoisotopic (exact) mass is 356 g/mol. The van der Waals surface area contributed by atoms with Crippen LogP contribution in [0.3, 0.4) is 0 Å². The topological polar surface area (TPSA) is 42.0 Å². The Morgan fingerprint density at radius 2 is 1.88 bits per heavy atom. The van der Waals surface area contributed by atoms with E-state index in [1.807, 2.05) is 0 Å². The Hall–Kier alpha value is -1.85. The van der Waals surface area contributed by atoms with Gasteiger partial charge in [0.2, 0.25) is 5.91 Å². The summed E-state index contributed by atoms with van der Waals surface area (Å²) >= 11 is 3.24. The van der Waals surface area contributed by atoms with Crippen LogP contribution in [-0.2, 0) is 4.79 Å². The molecule has 5 heteroatoms. The first-order valence-electron chi connectivity index (χ1n) is 7.88.